The minimum atomic E-state index is -0.986. The molecule has 4 heteroatoms. The molecular formula is C10H8F3N. The first-order chi connectivity index (χ1) is 6.60. The first kappa shape index (κ1) is 10.6. The monoisotopic (exact) mass is 199 g/mol. The third-order valence-electron chi connectivity index (χ3n) is 1.79. The number of hydrogen-bond donors (Lipinski definition) is 1. The molecular weight excluding hydrogens is 191 g/mol. The molecule has 1 aromatic carbocycles. The molecule has 0 aliphatic rings. The van der Waals surface area contributed by atoms with E-state index in [4.69, 9.17) is 6.42 Å². The van der Waals surface area contributed by atoms with Gasteiger partial charge in [0.05, 0.1) is 11.6 Å². The molecule has 1 aromatic rings. The number of benzene rings is 1. The van der Waals surface area contributed by atoms with E-state index in [1.54, 1.807) is 0 Å². The molecule has 0 fully saturated rings. The summed E-state index contributed by atoms with van der Waals surface area (Å²) in [5.41, 5.74) is -0.337. The molecule has 0 aliphatic heterocycles. The summed E-state index contributed by atoms with van der Waals surface area (Å²) in [5.74, 6) is -0.779. The first-order valence-electron chi connectivity index (χ1n) is 3.88. The summed E-state index contributed by atoms with van der Waals surface area (Å²) in [6, 6.07) is 0.302. The fourth-order valence-electron chi connectivity index (χ4n) is 1.14. The molecule has 0 saturated heterocycles. The van der Waals surface area contributed by atoms with Crippen molar-refractivity contribution in [2.45, 2.75) is 6.04 Å². The first-order valence-corrected chi connectivity index (χ1v) is 3.88. The second-order valence-corrected chi connectivity index (χ2v) is 2.67. The molecule has 0 amide bonds. The molecule has 0 heterocycles. The number of rotatable bonds is 2. The van der Waals surface area contributed by atoms with Crippen LogP contribution in [0.4, 0.5) is 13.2 Å². The van der Waals surface area contributed by atoms with E-state index in [0.717, 1.165) is 0 Å². The molecule has 1 nitrogen and oxygen atoms in total. The SMILES string of the molecule is C#CC(NC)c1c(F)cc(F)cc1F. The normalized spacial score (nSPS) is 12.2. The van der Waals surface area contributed by atoms with E-state index in [0.29, 0.717) is 12.1 Å². The van der Waals surface area contributed by atoms with Crippen molar-refractivity contribution in [3.63, 3.8) is 0 Å². The van der Waals surface area contributed by atoms with Crippen molar-refractivity contribution in [2.75, 3.05) is 7.05 Å². The Morgan fingerprint density at radius 1 is 1.29 bits per heavy atom. The highest BCUT2D eigenvalue weighted by Gasteiger charge is 2.17. The minimum Gasteiger partial charge on any atom is -0.303 e. The van der Waals surface area contributed by atoms with Gasteiger partial charge in [-0.2, -0.15) is 0 Å². The van der Waals surface area contributed by atoms with E-state index >= 15 is 0 Å². The molecule has 1 N–H and O–H groups in total. The van der Waals surface area contributed by atoms with Crippen molar-refractivity contribution in [2.24, 2.45) is 0 Å². The van der Waals surface area contributed by atoms with Crippen molar-refractivity contribution in [3.05, 3.63) is 35.1 Å². The highest BCUT2D eigenvalue weighted by molar-refractivity contribution is 5.29. The maximum atomic E-state index is 13.1. The van der Waals surface area contributed by atoms with Gasteiger partial charge in [-0.25, -0.2) is 13.2 Å². The zero-order valence-corrected chi connectivity index (χ0v) is 7.44. The second-order valence-electron chi connectivity index (χ2n) is 2.67. The molecule has 0 saturated carbocycles. The summed E-state index contributed by atoms with van der Waals surface area (Å²) in [4.78, 5) is 0. The lowest BCUT2D eigenvalue weighted by Crippen LogP contribution is -2.17. The standard InChI is InChI=1S/C10H8F3N/c1-3-9(14-2)10-7(12)4-6(11)5-8(10)13/h1,4-5,9,14H,2H3. The second kappa shape index (κ2) is 4.16. The molecule has 0 bridgehead atoms. The Balaban J connectivity index is 3.28. The largest absolute Gasteiger partial charge is 0.303 e. The summed E-state index contributed by atoms with van der Waals surface area (Å²) in [6.45, 7) is 0. The molecule has 1 rings (SSSR count). The van der Waals surface area contributed by atoms with Crippen LogP contribution in [0.15, 0.2) is 12.1 Å². The fourth-order valence-corrected chi connectivity index (χ4v) is 1.14. The maximum absolute atomic E-state index is 13.1. The average molecular weight is 199 g/mol. The third kappa shape index (κ3) is 1.88. The van der Waals surface area contributed by atoms with Crippen LogP contribution in [0.5, 0.6) is 0 Å². The summed E-state index contributed by atoms with van der Waals surface area (Å²) in [5, 5.41) is 2.53. The molecule has 1 unspecified atom stereocenters. The lowest BCUT2D eigenvalue weighted by Gasteiger charge is -2.11. The number of nitrogens with one attached hydrogen (secondary N) is 1. The zero-order chi connectivity index (χ0) is 10.7. The Morgan fingerprint density at radius 2 is 1.79 bits per heavy atom. The van der Waals surface area contributed by atoms with Crippen molar-refractivity contribution in [1.29, 1.82) is 0 Å². The molecule has 0 radical (unpaired) electrons. The molecule has 0 aromatic heterocycles. The smallest absolute Gasteiger partial charge is 0.134 e. The number of terminal acetylenes is 1. The van der Waals surface area contributed by atoms with Crippen molar-refractivity contribution >= 4 is 0 Å². The van der Waals surface area contributed by atoms with Gasteiger partial charge in [0.15, 0.2) is 0 Å². The van der Waals surface area contributed by atoms with E-state index in [1.807, 2.05) is 0 Å². The van der Waals surface area contributed by atoms with Crippen LogP contribution in [0.2, 0.25) is 0 Å². The molecule has 14 heavy (non-hydrogen) atoms. The van der Waals surface area contributed by atoms with Gasteiger partial charge in [0.1, 0.15) is 17.5 Å². The summed E-state index contributed by atoms with van der Waals surface area (Å²) in [7, 11) is 1.47. The predicted molar refractivity (Wildman–Crippen MR) is 46.9 cm³/mol. The molecule has 74 valence electrons. The van der Waals surface area contributed by atoms with Crippen LogP contribution >= 0.6 is 0 Å². The van der Waals surface area contributed by atoms with E-state index in [9.17, 15) is 13.2 Å². The van der Waals surface area contributed by atoms with Gasteiger partial charge < -0.3 is 5.32 Å². The summed E-state index contributed by atoms with van der Waals surface area (Å²) < 4.78 is 38.8. The molecule has 0 aliphatic carbocycles. The van der Waals surface area contributed by atoms with Gasteiger partial charge in [-0.1, -0.05) is 5.92 Å². The van der Waals surface area contributed by atoms with Crippen LogP contribution in [0.3, 0.4) is 0 Å². The Bertz CT molecular complexity index is 358. The minimum absolute atomic E-state index is 0.337. The Kier molecular flexibility index (Phi) is 3.15. The Morgan fingerprint density at radius 3 is 2.14 bits per heavy atom. The summed E-state index contributed by atoms with van der Waals surface area (Å²) in [6.07, 6.45) is 5.05. The van der Waals surface area contributed by atoms with Gasteiger partial charge in [-0.3, -0.25) is 0 Å². The van der Waals surface area contributed by atoms with Crippen molar-refractivity contribution < 1.29 is 13.2 Å². The van der Waals surface area contributed by atoms with Gasteiger partial charge in [0.25, 0.3) is 0 Å². The van der Waals surface area contributed by atoms with Crippen LogP contribution in [-0.2, 0) is 0 Å². The van der Waals surface area contributed by atoms with Crippen molar-refractivity contribution in [3.8, 4) is 12.3 Å². The van der Waals surface area contributed by atoms with Gasteiger partial charge >= 0.3 is 0 Å². The van der Waals surface area contributed by atoms with E-state index in [-0.39, 0.29) is 5.56 Å². The maximum Gasteiger partial charge on any atom is 0.134 e. The predicted octanol–water partition coefficient (Wildman–Crippen LogP) is 2.00. The van der Waals surface area contributed by atoms with Gasteiger partial charge in [-0.05, 0) is 7.05 Å². The third-order valence-corrected chi connectivity index (χ3v) is 1.79. The lowest BCUT2D eigenvalue weighted by atomic mass is 10.1. The van der Waals surface area contributed by atoms with Gasteiger partial charge in [0.2, 0.25) is 0 Å². The van der Waals surface area contributed by atoms with Crippen LogP contribution in [0.25, 0.3) is 0 Å². The topological polar surface area (TPSA) is 12.0 Å². The van der Waals surface area contributed by atoms with Crippen LogP contribution in [0.1, 0.15) is 11.6 Å². The quantitative estimate of drug-likeness (QED) is 0.718. The van der Waals surface area contributed by atoms with Gasteiger partial charge in [0, 0.05) is 12.1 Å². The molecule has 1 atom stereocenters. The molecule has 0 spiro atoms. The zero-order valence-electron chi connectivity index (χ0n) is 7.44. The van der Waals surface area contributed by atoms with E-state index < -0.39 is 23.5 Å². The Labute approximate surface area is 79.9 Å². The van der Waals surface area contributed by atoms with Crippen LogP contribution < -0.4 is 5.32 Å². The number of hydrogen-bond acceptors (Lipinski definition) is 1. The Hall–Kier alpha value is -1.47. The van der Waals surface area contributed by atoms with E-state index in [1.165, 1.54) is 7.05 Å². The highest BCUT2D eigenvalue weighted by Crippen LogP contribution is 2.21. The highest BCUT2D eigenvalue weighted by atomic mass is 19.1. The fraction of sp³-hybridized carbons (Fsp3) is 0.200. The van der Waals surface area contributed by atoms with Crippen LogP contribution in [-0.4, -0.2) is 7.05 Å². The lowest BCUT2D eigenvalue weighted by molar-refractivity contribution is 0.507. The van der Waals surface area contributed by atoms with E-state index in [2.05, 4.69) is 11.2 Å². The summed E-state index contributed by atoms with van der Waals surface area (Å²) >= 11 is 0. The van der Waals surface area contributed by atoms with Crippen molar-refractivity contribution in [1.82, 2.24) is 5.32 Å². The number of halogens is 3. The average Bonchev–Trinajstić information content (AvgIpc) is 2.10. The van der Waals surface area contributed by atoms with Crippen LogP contribution in [0, 0.1) is 29.8 Å². The van der Waals surface area contributed by atoms with Gasteiger partial charge in [-0.15, -0.1) is 6.42 Å².